The number of rotatable bonds is 6. The minimum atomic E-state index is 0.131. The summed E-state index contributed by atoms with van der Waals surface area (Å²) in [5.41, 5.74) is 16.4. The van der Waals surface area contributed by atoms with Crippen LogP contribution in [-0.2, 0) is 11.2 Å². The highest BCUT2D eigenvalue weighted by Gasteiger charge is 2.28. The molecule has 49 heavy (non-hydrogen) atoms. The van der Waals surface area contributed by atoms with Gasteiger partial charge in [0.25, 0.3) is 0 Å². The molecule has 2 unspecified atom stereocenters. The third-order valence-electron chi connectivity index (χ3n) is 10.1. The van der Waals surface area contributed by atoms with E-state index in [0.29, 0.717) is 6.61 Å². The van der Waals surface area contributed by atoms with Crippen LogP contribution in [-0.4, -0.2) is 17.6 Å². The van der Waals surface area contributed by atoms with E-state index in [0.717, 1.165) is 37.1 Å². The van der Waals surface area contributed by atoms with Gasteiger partial charge in [-0.25, -0.2) is 0 Å². The number of hydrogen-bond donors (Lipinski definition) is 0. The summed E-state index contributed by atoms with van der Waals surface area (Å²) in [6.07, 6.45) is 16.0. The average Bonchev–Trinajstić information content (AvgIpc) is 3.12. The van der Waals surface area contributed by atoms with Crippen LogP contribution in [0.4, 0.5) is 11.4 Å². The number of hydrogen-bond acceptors (Lipinski definition) is 3. The molecule has 3 heteroatoms. The molecule has 7 rings (SSSR count). The van der Waals surface area contributed by atoms with Gasteiger partial charge in [0.2, 0.25) is 0 Å². The molecule has 0 saturated heterocycles. The van der Waals surface area contributed by atoms with Gasteiger partial charge in [-0.05, 0) is 94.8 Å². The monoisotopic (exact) mass is 644 g/mol. The normalized spacial score (nSPS) is 21.4. The van der Waals surface area contributed by atoms with Crippen LogP contribution in [0, 0.1) is 13.8 Å². The molecule has 0 fully saturated rings. The van der Waals surface area contributed by atoms with Gasteiger partial charge in [-0.2, -0.15) is 0 Å². The van der Waals surface area contributed by atoms with Gasteiger partial charge < -0.3 is 14.5 Å². The van der Waals surface area contributed by atoms with Crippen LogP contribution in [0.15, 0.2) is 144 Å². The molecule has 4 aromatic rings. The summed E-state index contributed by atoms with van der Waals surface area (Å²) in [5, 5.41) is 0. The van der Waals surface area contributed by atoms with Crippen molar-refractivity contribution in [3.63, 3.8) is 0 Å². The van der Waals surface area contributed by atoms with Crippen molar-refractivity contribution in [3.05, 3.63) is 178 Å². The number of nitrogens with zero attached hydrogens (tertiary/aromatic N) is 2. The summed E-state index contributed by atoms with van der Waals surface area (Å²) in [6, 6.07) is 35.9. The molecule has 4 aromatic carbocycles. The lowest BCUT2D eigenvalue weighted by molar-refractivity contribution is 0.0661. The Morgan fingerprint density at radius 2 is 1.27 bits per heavy atom. The first-order chi connectivity index (χ1) is 23.9. The molecule has 1 aliphatic heterocycles. The number of anilines is 2. The van der Waals surface area contributed by atoms with E-state index in [9.17, 15) is 0 Å². The summed E-state index contributed by atoms with van der Waals surface area (Å²) < 4.78 is 6.29. The largest absolute Gasteiger partial charge is 0.372 e. The smallest absolute Gasteiger partial charge is 0.0872 e. The van der Waals surface area contributed by atoms with Crippen molar-refractivity contribution in [2.75, 3.05) is 11.5 Å². The number of allylic oxidation sites excluding steroid dienone is 6. The molecule has 0 radical (unpaired) electrons. The lowest BCUT2D eigenvalue weighted by Crippen LogP contribution is -2.29. The zero-order chi connectivity index (χ0) is 33.9. The summed E-state index contributed by atoms with van der Waals surface area (Å²) in [7, 11) is 0. The summed E-state index contributed by atoms with van der Waals surface area (Å²) in [5.74, 6) is 0.131. The molecular weight excluding hydrogens is 597 g/mol. The van der Waals surface area contributed by atoms with E-state index in [1.54, 1.807) is 0 Å². The van der Waals surface area contributed by atoms with Gasteiger partial charge in [-0.1, -0.05) is 121 Å². The lowest BCUT2D eigenvalue weighted by atomic mass is 9.87. The Balaban J connectivity index is 1.44. The van der Waals surface area contributed by atoms with Gasteiger partial charge in [0, 0.05) is 51.2 Å². The average molecular weight is 645 g/mol. The molecule has 0 spiro atoms. The molecule has 2 atom stereocenters. The Morgan fingerprint density at radius 1 is 0.612 bits per heavy atom. The Bertz CT molecular complexity index is 1930. The third-order valence-corrected chi connectivity index (χ3v) is 10.1. The van der Waals surface area contributed by atoms with Crippen LogP contribution in [0.2, 0.25) is 0 Å². The van der Waals surface area contributed by atoms with Gasteiger partial charge in [0.1, 0.15) is 0 Å². The Kier molecular flexibility index (Phi) is 9.55. The first-order valence-electron chi connectivity index (χ1n) is 17.9. The minimum absolute atomic E-state index is 0.131. The predicted octanol–water partition coefficient (Wildman–Crippen LogP) is 11.8. The van der Waals surface area contributed by atoms with Crippen LogP contribution < -0.4 is 4.90 Å². The molecule has 3 aliphatic rings. The Hall–Kier alpha value is -4.86. The van der Waals surface area contributed by atoms with Crippen molar-refractivity contribution < 1.29 is 4.74 Å². The molecule has 248 valence electrons. The second-order valence-electron chi connectivity index (χ2n) is 13.9. The van der Waals surface area contributed by atoms with E-state index < -0.39 is 0 Å². The highest BCUT2D eigenvalue weighted by atomic mass is 16.5. The van der Waals surface area contributed by atoms with E-state index >= 15 is 0 Å². The fraction of sp³-hybridized carbons (Fsp3) is 0.261. The van der Waals surface area contributed by atoms with E-state index in [1.807, 2.05) is 0 Å². The van der Waals surface area contributed by atoms with E-state index in [2.05, 4.69) is 172 Å². The van der Waals surface area contributed by atoms with Crippen molar-refractivity contribution in [1.29, 1.82) is 0 Å². The summed E-state index contributed by atoms with van der Waals surface area (Å²) >= 11 is 0. The number of aryl methyl sites for hydroxylation is 2. The molecule has 2 aliphatic carbocycles. The van der Waals surface area contributed by atoms with E-state index in [1.165, 1.54) is 61.7 Å². The first kappa shape index (κ1) is 32.7. The maximum Gasteiger partial charge on any atom is 0.0872 e. The molecule has 0 saturated carbocycles. The maximum absolute atomic E-state index is 6.29. The summed E-state index contributed by atoms with van der Waals surface area (Å²) in [6.45, 7) is 11.7. The fourth-order valence-electron chi connectivity index (χ4n) is 7.25. The van der Waals surface area contributed by atoms with Crippen molar-refractivity contribution in [1.82, 2.24) is 4.90 Å². The second kappa shape index (κ2) is 14.3. The van der Waals surface area contributed by atoms with Gasteiger partial charge in [-0.3, -0.25) is 0 Å². The standard InChI is InChI=1S/C46H48N2O/c1-32-14-22-38(23-15-32)47(39-24-16-33(2)17-25-39)45-29-21-37-10-6-7-12-43(37)46(30-35(4)42-11-8-9-13-44(42)45)48(40-26-18-34(3)19-27-40)41-28-20-36(5)49-31-41/h6-18,22-26,28-30,35-36H,19-21,27,31H2,1-5H3/b45-29+,46-30+. The highest BCUT2D eigenvalue weighted by Crippen LogP contribution is 2.42. The number of benzene rings is 4. The van der Waals surface area contributed by atoms with Crippen LogP contribution >= 0.6 is 0 Å². The zero-order valence-electron chi connectivity index (χ0n) is 29.6. The minimum Gasteiger partial charge on any atom is -0.372 e. The SMILES string of the molecule is CC1=CC=C(N(C2=CCC(C)OC2)/C2=C/C(C)c3ccccc3/C(N(c3ccc(C)cc3)c3ccc(C)cc3)=C\Cc3ccccc32)CC1. The molecule has 0 N–H and O–H groups in total. The van der Waals surface area contributed by atoms with E-state index in [4.69, 9.17) is 4.74 Å². The fourth-order valence-corrected chi connectivity index (χ4v) is 7.25. The van der Waals surface area contributed by atoms with Gasteiger partial charge in [0.15, 0.2) is 0 Å². The highest BCUT2D eigenvalue weighted by molar-refractivity contribution is 5.89. The summed E-state index contributed by atoms with van der Waals surface area (Å²) in [4.78, 5) is 4.97. The molecule has 0 aromatic heterocycles. The van der Waals surface area contributed by atoms with Crippen LogP contribution in [0.25, 0.3) is 11.4 Å². The number of ether oxygens (including phenoxy) is 1. The molecule has 0 bridgehead atoms. The van der Waals surface area contributed by atoms with Gasteiger partial charge >= 0.3 is 0 Å². The lowest BCUT2D eigenvalue weighted by Gasteiger charge is -2.37. The van der Waals surface area contributed by atoms with Crippen LogP contribution in [0.5, 0.6) is 0 Å². The quantitative estimate of drug-likeness (QED) is 0.208. The van der Waals surface area contributed by atoms with Crippen molar-refractivity contribution in [2.24, 2.45) is 0 Å². The Morgan fingerprint density at radius 3 is 1.90 bits per heavy atom. The maximum atomic E-state index is 6.29. The molecule has 1 heterocycles. The first-order valence-corrected chi connectivity index (χ1v) is 17.9. The van der Waals surface area contributed by atoms with Crippen molar-refractivity contribution in [3.8, 4) is 0 Å². The van der Waals surface area contributed by atoms with Gasteiger partial charge in [0.05, 0.1) is 12.7 Å². The van der Waals surface area contributed by atoms with Crippen LogP contribution in [0.1, 0.15) is 79.3 Å². The third kappa shape index (κ3) is 7.00. The van der Waals surface area contributed by atoms with Crippen molar-refractivity contribution >= 4 is 22.8 Å². The molecule has 0 amide bonds. The molecular formula is C46H48N2O. The van der Waals surface area contributed by atoms with Crippen molar-refractivity contribution in [2.45, 2.75) is 72.3 Å². The molecule has 3 nitrogen and oxygen atoms in total. The van der Waals surface area contributed by atoms with Crippen LogP contribution in [0.3, 0.4) is 0 Å². The van der Waals surface area contributed by atoms with E-state index in [-0.39, 0.29) is 12.0 Å². The topological polar surface area (TPSA) is 15.7 Å². The number of fused-ring (bicyclic) bond motifs is 2. The van der Waals surface area contributed by atoms with Gasteiger partial charge in [-0.15, -0.1) is 0 Å². The zero-order valence-corrected chi connectivity index (χ0v) is 29.6. The second-order valence-corrected chi connectivity index (χ2v) is 13.9. The Labute approximate surface area is 293 Å². The predicted molar refractivity (Wildman–Crippen MR) is 206 cm³/mol.